The Morgan fingerprint density at radius 2 is 2.00 bits per heavy atom. The van der Waals surface area contributed by atoms with Gasteiger partial charge in [0.05, 0.1) is 6.10 Å². The number of urea groups is 1. The van der Waals surface area contributed by atoms with Gasteiger partial charge < -0.3 is 25.2 Å². The molecule has 19 heavy (non-hydrogen) atoms. The maximum absolute atomic E-state index is 12.0. The number of carboxylic acid groups (broad SMARTS) is 1. The molecular weight excluding hydrogens is 252 g/mol. The molecule has 2 heterocycles. The van der Waals surface area contributed by atoms with E-state index in [1.54, 1.807) is 0 Å². The normalized spacial score (nSPS) is 28.4. The van der Waals surface area contributed by atoms with Crippen LogP contribution in [0.2, 0.25) is 0 Å². The Balaban J connectivity index is 1.82. The van der Waals surface area contributed by atoms with Crippen molar-refractivity contribution in [3.05, 3.63) is 0 Å². The lowest BCUT2D eigenvalue weighted by atomic mass is 10.0. The molecule has 0 unspecified atom stereocenters. The maximum atomic E-state index is 12.0. The number of hydrogen-bond acceptors (Lipinski definition) is 4. The molecule has 0 aromatic carbocycles. The molecule has 108 valence electrons. The number of β-amino-alcohol motifs (C(OH)–C–C–N with tert-alkyl or cyclic N) is 1. The molecule has 2 fully saturated rings. The van der Waals surface area contributed by atoms with Gasteiger partial charge in [0.1, 0.15) is 6.04 Å². The predicted molar refractivity (Wildman–Crippen MR) is 65.7 cm³/mol. The first-order valence-corrected chi connectivity index (χ1v) is 6.61. The number of nitrogens with one attached hydrogen (secondary N) is 1. The van der Waals surface area contributed by atoms with E-state index in [-0.39, 0.29) is 13.0 Å². The van der Waals surface area contributed by atoms with E-state index in [0.29, 0.717) is 25.7 Å². The van der Waals surface area contributed by atoms with Crippen LogP contribution in [0.5, 0.6) is 0 Å². The molecule has 2 aliphatic heterocycles. The largest absolute Gasteiger partial charge is 0.480 e. The topological polar surface area (TPSA) is 99.1 Å². The summed E-state index contributed by atoms with van der Waals surface area (Å²) in [6, 6.07) is -1.33. The van der Waals surface area contributed by atoms with Crippen LogP contribution >= 0.6 is 0 Å². The van der Waals surface area contributed by atoms with Gasteiger partial charge in [0.15, 0.2) is 0 Å². The average molecular weight is 272 g/mol. The summed E-state index contributed by atoms with van der Waals surface area (Å²) in [5.74, 6) is -0.689. The monoisotopic (exact) mass is 272 g/mol. The fourth-order valence-corrected chi connectivity index (χ4v) is 2.56. The van der Waals surface area contributed by atoms with Crippen molar-refractivity contribution in [2.75, 3.05) is 26.3 Å². The van der Waals surface area contributed by atoms with E-state index in [1.165, 1.54) is 4.90 Å². The molecule has 0 bridgehead atoms. The zero-order valence-corrected chi connectivity index (χ0v) is 10.7. The third-order valence-corrected chi connectivity index (χ3v) is 3.71. The Morgan fingerprint density at radius 3 is 2.63 bits per heavy atom. The van der Waals surface area contributed by atoms with Crippen molar-refractivity contribution in [1.29, 1.82) is 0 Å². The van der Waals surface area contributed by atoms with Crippen LogP contribution in [0.1, 0.15) is 19.3 Å². The molecule has 0 radical (unpaired) electrons. The Kier molecular flexibility index (Phi) is 4.60. The van der Waals surface area contributed by atoms with E-state index in [1.807, 2.05) is 0 Å². The number of rotatable bonds is 3. The van der Waals surface area contributed by atoms with Gasteiger partial charge in [-0.2, -0.15) is 0 Å². The van der Waals surface area contributed by atoms with Crippen molar-refractivity contribution in [2.24, 2.45) is 5.92 Å². The Bertz CT molecular complexity index is 343. The van der Waals surface area contributed by atoms with Gasteiger partial charge in [-0.25, -0.2) is 9.59 Å². The molecule has 7 heteroatoms. The zero-order valence-electron chi connectivity index (χ0n) is 10.7. The third kappa shape index (κ3) is 3.57. The first kappa shape index (κ1) is 14.1. The highest BCUT2D eigenvalue weighted by Crippen LogP contribution is 2.19. The van der Waals surface area contributed by atoms with E-state index in [2.05, 4.69) is 5.32 Å². The fraction of sp³-hybridized carbons (Fsp3) is 0.833. The van der Waals surface area contributed by atoms with Crippen molar-refractivity contribution in [1.82, 2.24) is 10.2 Å². The van der Waals surface area contributed by atoms with E-state index >= 15 is 0 Å². The van der Waals surface area contributed by atoms with Gasteiger partial charge in [-0.15, -0.1) is 0 Å². The van der Waals surface area contributed by atoms with Crippen LogP contribution in [0, 0.1) is 5.92 Å². The van der Waals surface area contributed by atoms with Gasteiger partial charge in [-0.1, -0.05) is 0 Å². The van der Waals surface area contributed by atoms with Crippen LogP contribution in [-0.4, -0.2) is 65.6 Å². The quantitative estimate of drug-likeness (QED) is 0.652. The molecule has 2 rings (SSSR count). The number of amides is 2. The highest BCUT2D eigenvalue weighted by Gasteiger charge is 2.39. The van der Waals surface area contributed by atoms with Crippen molar-refractivity contribution >= 4 is 12.0 Å². The minimum absolute atomic E-state index is 0.0799. The lowest BCUT2D eigenvalue weighted by Gasteiger charge is -2.25. The van der Waals surface area contributed by atoms with Gasteiger partial charge in [0.25, 0.3) is 0 Å². The molecule has 2 amide bonds. The first-order valence-electron chi connectivity index (χ1n) is 6.61. The molecule has 3 N–H and O–H groups in total. The lowest BCUT2D eigenvalue weighted by Crippen LogP contribution is -2.47. The minimum Gasteiger partial charge on any atom is -0.480 e. The van der Waals surface area contributed by atoms with Gasteiger partial charge >= 0.3 is 12.0 Å². The molecule has 0 spiro atoms. The van der Waals surface area contributed by atoms with Crippen LogP contribution in [0.25, 0.3) is 0 Å². The van der Waals surface area contributed by atoms with Crippen molar-refractivity contribution in [3.63, 3.8) is 0 Å². The van der Waals surface area contributed by atoms with Gasteiger partial charge in [-0.3, -0.25) is 0 Å². The minimum atomic E-state index is -1.07. The summed E-state index contributed by atoms with van der Waals surface area (Å²) >= 11 is 0. The molecule has 0 saturated carbocycles. The summed E-state index contributed by atoms with van der Waals surface area (Å²) in [6.45, 7) is 2.03. The number of ether oxygens (including phenoxy) is 1. The van der Waals surface area contributed by atoms with Gasteiger partial charge in [0.2, 0.25) is 0 Å². The van der Waals surface area contributed by atoms with Gasteiger partial charge in [-0.05, 0) is 18.8 Å². The number of carbonyl (C=O) groups is 2. The SMILES string of the molecule is O=C(O)[C@@H]1C[C@@H](O)CN1C(=O)NCC1CCOCC1. The molecule has 7 nitrogen and oxygen atoms in total. The molecule has 0 aromatic heterocycles. The van der Waals surface area contributed by atoms with E-state index < -0.39 is 24.1 Å². The summed E-state index contributed by atoms with van der Waals surface area (Å²) in [4.78, 5) is 24.2. The number of carbonyl (C=O) groups excluding carboxylic acids is 1. The summed E-state index contributed by atoms with van der Waals surface area (Å²) in [5.41, 5.74) is 0. The molecule has 2 saturated heterocycles. The fourth-order valence-electron chi connectivity index (χ4n) is 2.56. The molecule has 2 aliphatic rings. The van der Waals surface area contributed by atoms with Crippen LogP contribution in [0.15, 0.2) is 0 Å². The average Bonchev–Trinajstić information content (AvgIpc) is 2.79. The van der Waals surface area contributed by atoms with E-state index in [4.69, 9.17) is 9.84 Å². The maximum Gasteiger partial charge on any atom is 0.326 e. The summed E-state index contributed by atoms with van der Waals surface area (Å²) in [7, 11) is 0. The number of aliphatic hydroxyl groups excluding tert-OH is 1. The first-order chi connectivity index (χ1) is 9.08. The highest BCUT2D eigenvalue weighted by molar-refractivity contribution is 5.83. The van der Waals surface area contributed by atoms with Crippen LogP contribution < -0.4 is 5.32 Å². The second-order valence-corrected chi connectivity index (χ2v) is 5.14. The highest BCUT2D eigenvalue weighted by atomic mass is 16.5. The van der Waals surface area contributed by atoms with Crippen LogP contribution in [-0.2, 0) is 9.53 Å². The number of aliphatic carboxylic acids is 1. The number of hydrogen-bond donors (Lipinski definition) is 3. The van der Waals surface area contributed by atoms with Crippen LogP contribution in [0.3, 0.4) is 0 Å². The molecular formula is C12H20N2O5. The smallest absolute Gasteiger partial charge is 0.326 e. The van der Waals surface area contributed by atoms with Crippen LogP contribution in [0.4, 0.5) is 4.79 Å². The standard InChI is InChI=1S/C12H20N2O5/c15-9-5-10(11(16)17)14(7-9)12(18)13-6-8-1-3-19-4-2-8/h8-10,15H,1-7H2,(H,13,18)(H,16,17)/t9-,10+/m1/s1. The Morgan fingerprint density at radius 1 is 1.32 bits per heavy atom. The predicted octanol–water partition coefficient (Wildman–Crippen LogP) is -0.358. The lowest BCUT2D eigenvalue weighted by molar-refractivity contribution is -0.141. The number of carboxylic acids is 1. The zero-order chi connectivity index (χ0) is 13.8. The molecule has 0 aromatic rings. The molecule has 0 aliphatic carbocycles. The van der Waals surface area contributed by atoms with E-state index in [0.717, 1.165) is 12.8 Å². The Labute approximate surface area is 111 Å². The van der Waals surface area contributed by atoms with Gasteiger partial charge in [0, 0.05) is 32.7 Å². The number of nitrogens with zero attached hydrogens (tertiary/aromatic N) is 1. The third-order valence-electron chi connectivity index (χ3n) is 3.71. The second kappa shape index (κ2) is 6.21. The molecule has 2 atom stereocenters. The van der Waals surface area contributed by atoms with Crippen molar-refractivity contribution in [2.45, 2.75) is 31.4 Å². The summed E-state index contributed by atoms with van der Waals surface area (Å²) in [6.07, 6.45) is 1.16. The number of aliphatic hydroxyl groups is 1. The Hall–Kier alpha value is -1.34. The van der Waals surface area contributed by atoms with E-state index in [9.17, 15) is 14.7 Å². The summed E-state index contributed by atoms with van der Waals surface area (Å²) < 4.78 is 5.23. The summed E-state index contributed by atoms with van der Waals surface area (Å²) in [5, 5.41) is 21.3. The van der Waals surface area contributed by atoms with Crippen molar-refractivity contribution < 1.29 is 24.5 Å². The second-order valence-electron chi connectivity index (χ2n) is 5.14. The number of likely N-dealkylation sites (tertiary alicyclic amines) is 1. The van der Waals surface area contributed by atoms with Crippen molar-refractivity contribution in [3.8, 4) is 0 Å².